The summed E-state index contributed by atoms with van der Waals surface area (Å²) in [6.07, 6.45) is 9.59. The van der Waals surface area contributed by atoms with Gasteiger partial charge in [0.2, 0.25) is 0 Å². The van der Waals surface area contributed by atoms with E-state index in [1.807, 2.05) is 0 Å². The second-order valence-corrected chi connectivity index (χ2v) is 3.40. The van der Waals surface area contributed by atoms with Crippen LogP contribution in [0.3, 0.4) is 0 Å². The number of unbranched alkanes of at least 4 members (excludes halogenated alkanes) is 7. The fourth-order valence-electron chi connectivity index (χ4n) is 1.35. The van der Waals surface area contributed by atoms with E-state index in [0.29, 0.717) is 19.5 Å². The number of hydrogen-bond acceptors (Lipinski definition) is 3. The topological polar surface area (TPSA) is 43.4 Å². The van der Waals surface area contributed by atoms with Gasteiger partial charge in [-0.05, 0) is 12.8 Å². The summed E-state index contributed by atoms with van der Waals surface area (Å²) in [5.74, 6) is 0. The first kappa shape index (κ1) is 13.1. The van der Waals surface area contributed by atoms with Gasteiger partial charge in [-0.15, -0.1) is 0 Å². The molecule has 0 heterocycles. The SMILES string of the molecule is O=CCCCCCCCCCOC=O. The van der Waals surface area contributed by atoms with Crippen LogP contribution in [0.25, 0.3) is 0 Å². The average Bonchev–Trinajstić information content (AvgIpc) is 2.21. The van der Waals surface area contributed by atoms with Gasteiger partial charge in [0.25, 0.3) is 6.47 Å². The van der Waals surface area contributed by atoms with E-state index in [2.05, 4.69) is 4.74 Å². The highest BCUT2D eigenvalue weighted by atomic mass is 16.5. The molecule has 0 atom stereocenters. The Morgan fingerprint density at radius 3 is 1.93 bits per heavy atom. The smallest absolute Gasteiger partial charge is 0.293 e. The van der Waals surface area contributed by atoms with Gasteiger partial charge in [-0.25, -0.2) is 0 Å². The lowest BCUT2D eigenvalue weighted by Crippen LogP contribution is -1.91. The van der Waals surface area contributed by atoms with Gasteiger partial charge in [0.15, 0.2) is 0 Å². The average molecular weight is 200 g/mol. The lowest BCUT2D eigenvalue weighted by atomic mass is 10.1. The van der Waals surface area contributed by atoms with Crippen molar-refractivity contribution in [3.8, 4) is 0 Å². The second-order valence-electron chi connectivity index (χ2n) is 3.40. The van der Waals surface area contributed by atoms with Crippen molar-refractivity contribution in [1.82, 2.24) is 0 Å². The minimum absolute atomic E-state index is 0.499. The van der Waals surface area contributed by atoms with Crippen molar-refractivity contribution in [3.05, 3.63) is 0 Å². The summed E-state index contributed by atoms with van der Waals surface area (Å²) < 4.78 is 4.57. The summed E-state index contributed by atoms with van der Waals surface area (Å²) in [5.41, 5.74) is 0. The van der Waals surface area contributed by atoms with Crippen molar-refractivity contribution in [1.29, 1.82) is 0 Å². The molecule has 82 valence electrons. The molecule has 0 radical (unpaired) electrons. The molecule has 0 amide bonds. The van der Waals surface area contributed by atoms with Gasteiger partial charge in [-0.2, -0.15) is 0 Å². The first-order chi connectivity index (χ1) is 6.91. The standard InChI is InChI=1S/C11H20O3/c12-9-7-5-3-1-2-4-6-8-10-14-11-13/h9,11H,1-8,10H2. The molecular weight excluding hydrogens is 180 g/mol. The molecule has 0 spiro atoms. The van der Waals surface area contributed by atoms with Gasteiger partial charge >= 0.3 is 0 Å². The van der Waals surface area contributed by atoms with Gasteiger partial charge in [-0.1, -0.05) is 32.1 Å². The Balaban J connectivity index is 2.84. The summed E-state index contributed by atoms with van der Waals surface area (Å²) in [6.45, 7) is 1.05. The Morgan fingerprint density at radius 2 is 1.36 bits per heavy atom. The van der Waals surface area contributed by atoms with E-state index < -0.39 is 0 Å². The normalized spacial score (nSPS) is 9.71. The zero-order chi connectivity index (χ0) is 10.5. The number of ether oxygens (including phenoxy) is 1. The Morgan fingerprint density at radius 1 is 0.786 bits per heavy atom. The molecule has 0 saturated heterocycles. The summed E-state index contributed by atoms with van der Waals surface area (Å²) in [5, 5.41) is 0. The highest BCUT2D eigenvalue weighted by molar-refractivity contribution is 5.48. The summed E-state index contributed by atoms with van der Waals surface area (Å²) in [7, 11) is 0. The maximum atomic E-state index is 10.00. The van der Waals surface area contributed by atoms with Gasteiger partial charge in [0.1, 0.15) is 6.29 Å². The zero-order valence-electron chi connectivity index (χ0n) is 8.74. The summed E-state index contributed by atoms with van der Waals surface area (Å²) >= 11 is 0. The Labute approximate surface area is 85.8 Å². The van der Waals surface area contributed by atoms with Crippen LogP contribution in [0.1, 0.15) is 51.4 Å². The number of carbonyl (C=O) groups excluding carboxylic acids is 2. The fraction of sp³-hybridized carbons (Fsp3) is 0.818. The van der Waals surface area contributed by atoms with Crippen molar-refractivity contribution in [3.63, 3.8) is 0 Å². The highest BCUT2D eigenvalue weighted by Gasteiger charge is 1.91. The van der Waals surface area contributed by atoms with Crippen molar-refractivity contribution >= 4 is 12.8 Å². The van der Waals surface area contributed by atoms with E-state index in [-0.39, 0.29) is 0 Å². The van der Waals surface area contributed by atoms with Crippen LogP contribution in [-0.4, -0.2) is 19.4 Å². The summed E-state index contributed by atoms with van der Waals surface area (Å²) in [4.78, 5) is 19.8. The van der Waals surface area contributed by atoms with Crippen LogP contribution < -0.4 is 0 Å². The van der Waals surface area contributed by atoms with Crippen LogP contribution >= 0.6 is 0 Å². The molecule has 3 heteroatoms. The molecule has 0 aliphatic rings. The molecule has 0 rings (SSSR count). The third-order valence-corrected chi connectivity index (χ3v) is 2.15. The van der Waals surface area contributed by atoms with Crippen LogP contribution in [0.4, 0.5) is 0 Å². The molecule has 0 saturated carbocycles. The van der Waals surface area contributed by atoms with Crippen molar-refractivity contribution in [2.75, 3.05) is 6.61 Å². The molecule has 0 bridgehead atoms. The molecule has 14 heavy (non-hydrogen) atoms. The van der Waals surface area contributed by atoms with Crippen molar-refractivity contribution in [2.45, 2.75) is 51.4 Å². The van der Waals surface area contributed by atoms with Gasteiger partial charge in [0, 0.05) is 6.42 Å². The van der Waals surface area contributed by atoms with E-state index in [9.17, 15) is 9.59 Å². The van der Waals surface area contributed by atoms with Gasteiger partial charge in [0.05, 0.1) is 6.61 Å². The molecule has 3 nitrogen and oxygen atoms in total. The number of rotatable bonds is 11. The molecule has 0 N–H and O–H groups in total. The number of carbonyl (C=O) groups is 2. The molecule has 0 aliphatic heterocycles. The lowest BCUT2D eigenvalue weighted by molar-refractivity contribution is -0.128. The quantitative estimate of drug-likeness (QED) is 0.380. The van der Waals surface area contributed by atoms with Crippen molar-refractivity contribution in [2.24, 2.45) is 0 Å². The minimum Gasteiger partial charge on any atom is -0.468 e. The molecular formula is C11H20O3. The fourth-order valence-corrected chi connectivity index (χ4v) is 1.35. The Bertz CT molecular complexity index is 118. The van der Waals surface area contributed by atoms with E-state index in [1.165, 1.54) is 19.3 Å². The molecule has 0 unspecified atom stereocenters. The number of aldehydes is 1. The Hall–Kier alpha value is -0.860. The maximum absolute atomic E-state index is 10.00. The van der Waals surface area contributed by atoms with Crippen LogP contribution in [0.2, 0.25) is 0 Å². The monoisotopic (exact) mass is 200 g/mol. The molecule has 0 aromatic heterocycles. The number of hydrogen-bond donors (Lipinski definition) is 0. The third-order valence-electron chi connectivity index (χ3n) is 2.15. The predicted molar refractivity (Wildman–Crippen MR) is 55.0 cm³/mol. The first-order valence-corrected chi connectivity index (χ1v) is 5.40. The highest BCUT2D eigenvalue weighted by Crippen LogP contribution is 2.07. The zero-order valence-corrected chi connectivity index (χ0v) is 8.74. The minimum atomic E-state index is 0.499. The van der Waals surface area contributed by atoms with Crippen LogP contribution in [0.15, 0.2) is 0 Å². The van der Waals surface area contributed by atoms with Crippen molar-refractivity contribution < 1.29 is 14.3 Å². The third kappa shape index (κ3) is 11.1. The van der Waals surface area contributed by atoms with Crippen LogP contribution in [0.5, 0.6) is 0 Å². The largest absolute Gasteiger partial charge is 0.468 e. The molecule has 0 aliphatic carbocycles. The summed E-state index contributed by atoms with van der Waals surface area (Å²) in [6, 6.07) is 0. The maximum Gasteiger partial charge on any atom is 0.293 e. The van der Waals surface area contributed by atoms with E-state index in [0.717, 1.165) is 32.0 Å². The molecule has 0 fully saturated rings. The molecule has 0 aromatic rings. The van der Waals surface area contributed by atoms with E-state index in [4.69, 9.17) is 0 Å². The van der Waals surface area contributed by atoms with E-state index in [1.54, 1.807) is 0 Å². The Kier molecular flexibility index (Phi) is 11.4. The first-order valence-electron chi connectivity index (χ1n) is 5.40. The lowest BCUT2D eigenvalue weighted by Gasteiger charge is -2.00. The van der Waals surface area contributed by atoms with E-state index >= 15 is 0 Å². The van der Waals surface area contributed by atoms with Crippen LogP contribution in [-0.2, 0) is 14.3 Å². The second kappa shape index (κ2) is 12.1. The van der Waals surface area contributed by atoms with Gasteiger partial charge in [-0.3, -0.25) is 4.79 Å². The van der Waals surface area contributed by atoms with Gasteiger partial charge < -0.3 is 9.53 Å². The molecule has 0 aromatic carbocycles. The predicted octanol–water partition coefficient (Wildman–Crippen LogP) is 2.48. The van der Waals surface area contributed by atoms with Crippen LogP contribution in [0, 0.1) is 0 Å².